The number of hydrogen-bond donors (Lipinski definition) is 1. The summed E-state index contributed by atoms with van der Waals surface area (Å²) in [5.41, 5.74) is 6.57. The van der Waals surface area contributed by atoms with Crippen LogP contribution in [0.5, 0.6) is 0 Å². The van der Waals surface area contributed by atoms with Crippen LogP contribution in [0.25, 0.3) is 6.08 Å². The van der Waals surface area contributed by atoms with Crippen molar-refractivity contribution in [3.05, 3.63) is 33.5 Å². The molecule has 2 rings (SSSR count). The van der Waals surface area contributed by atoms with E-state index in [2.05, 4.69) is 4.98 Å². The van der Waals surface area contributed by atoms with E-state index in [1.54, 1.807) is 12.3 Å². The van der Waals surface area contributed by atoms with Crippen LogP contribution in [0, 0.1) is 0 Å². The van der Waals surface area contributed by atoms with E-state index in [1.165, 1.54) is 0 Å². The highest BCUT2D eigenvalue weighted by molar-refractivity contribution is 6.56. The van der Waals surface area contributed by atoms with Crippen LogP contribution in [0.4, 0.5) is 0 Å². The van der Waals surface area contributed by atoms with Gasteiger partial charge in [-0.15, -0.1) is 0 Å². The first-order chi connectivity index (χ1) is 9.68. The molecule has 0 unspecified atom stereocenters. The smallest absolute Gasteiger partial charge is 0.400 e. The lowest BCUT2D eigenvalue weighted by Gasteiger charge is -2.32. The fraction of sp³-hybridized carbons (Fsp3) is 0.500. The minimum atomic E-state index is -0.497. The zero-order valence-electron chi connectivity index (χ0n) is 12.6. The van der Waals surface area contributed by atoms with E-state index in [0.29, 0.717) is 11.6 Å². The van der Waals surface area contributed by atoms with Gasteiger partial charge in [-0.2, -0.15) is 0 Å². The first-order valence-corrected chi connectivity index (χ1v) is 7.50. The summed E-state index contributed by atoms with van der Waals surface area (Å²) in [5.74, 6) is 0. The molecule has 0 radical (unpaired) electrons. The predicted molar refractivity (Wildman–Crippen MR) is 87.4 cm³/mol. The Bertz CT molecular complexity index is 560. The predicted octanol–water partition coefficient (Wildman–Crippen LogP) is 3.36. The molecule has 2 heterocycles. The van der Waals surface area contributed by atoms with E-state index in [0.717, 1.165) is 11.0 Å². The summed E-state index contributed by atoms with van der Waals surface area (Å²) in [4.78, 5) is 3.93. The van der Waals surface area contributed by atoms with Gasteiger partial charge in [0.05, 0.1) is 16.2 Å². The topological polar surface area (TPSA) is 57.4 Å². The average molecular weight is 329 g/mol. The molecule has 1 fully saturated rings. The number of halogens is 2. The molecular formula is C14H19BCl2N2O2. The number of nitrogens with zero attached hydrogens (tertiary/aromatic N) is 1. The van der Waals surface area contributed by atoms with E-state index in [-0.39, 0.29) is 5.15 Å². The zero-order chi connectivity index (χ0) is 15.8. The van der Waals surface area contributed by atoms with Crippen molar-refractivity contribution in [2.24, 2.45) is 5.73 Å². The lowest BCUT2D eigenvalue weighted by atomic mass is 9.77. The van der Waals surface area contributed by atoms with Crippen molar-refractivity contribution in [1.29, 1.82) is 0 Å². The van der Waals surface area contributed by atoms with Crippen LogP contribution in [-0.2, 0) is 9.31 Å². The van der Waals surface area contributed by atoms with Crippen molar-refractivity contribution in [3.8, 4) is 0 Å². The van der Waals surface area contributed by atoms with E-state index < -0.39 is 18.3 Å². The Morgan fingerprint density at radius 2 is 1.86 bits per heavy atom. The van der Waals surface area contributed by atoms with Crippen molar-refractivity contribution in [2.75, 3.05) is 6.54 Å². The Morgan fingerprint density at radius 3 is 2.38 bits per heavy atom. The van der Waals surface area contributed by atoms with Gasteiger partial charge in [0.15, 0.2) is 0 Å². The van der Waals surface area contributed by atoms with Gasteiger partial charge in [0, 0.05) is 12.7 Å². The molecule has 4 nitrogen and oxygen atoms in total. The van der Waals surface area contributed by atoms with Crippen LogP contribution < -0.4 is 5.73 Å². The Kier molecular flexibility index (Phi) is 4.71. The van der Waals surface area contributed by atoms with Gasteiger partial charge >= 0.3 is 7.12 Å². The minimum absolute atomic E-state index is 0.260. The molecule has 1 aromatic heterocycles. The first-order valence-electron chi connectivity index (χ1n) is 6.74. The molecule has 1 aromatic rings. The average Bonchev–Trinajstić information content (AvgIpc) is 2.60. The second-order valence-electron chi connectivity index (χ2n) is 6.02. The summed E-state index contributed by atoms with van der Waals surface area (Å²) in [6, 6.07) is 1.77. The Morgan fingerprint density at radius 1 is 1.29 bits per heavy atom. The number of nitrogens with two attached hydrogens (primary N) is 1. The highest BCUT2D eigenvalue weighted by atomic mass is 35.5. The van der Waals surface area contributed by atoms with Crippen LogP contribution in [0.3, 0.4) is 0 Å². The number of hydrogen-bond acceptors (Lipinski definition) is 4. The molecule has 0 atom stereocenters. The second kappa shape index (κ2) is 5.90. The van der Waals surface area contributed by atoms with Gasteiger partial charge in [0.25, 0.3) is 0 Å². The maximum Gasteiger partial charge on any atom is 0.491 e. The molecule has 114 valence electrons. The molecule has 0 aliphatic carbocycles. The number of pyridine rings is 1. The van der Waals surface area contributed by atoms with Crippen molar-refractivity contribution in [2.45, 2.75) is 38.9 Å². The lowest BCUT2D eigenvalue weighted by molar-refractivity contribution is 0.00578. The highest BCUT2D eigenvalue weighted by Crippen LogP contribution is 2.39. The van der Waals surface area contributed by atoms with Crippen molar-refractivity contribution >= 4 is 36.4 Å². The molecule has 7 heteroatoms. The standard InChI is InChI=1S/C14H19BCl2N2O2/c1-13(2)14(3,4)21-15(20-13)10(8-18)7-9-5-6-19-12(17)11(9)16/h5-7H,8,18H2,1-4H3. The summed E-state index contributed by atoms with van der Waals surface area (Å²) in [5, 5.41) is 0.650. The van der Waals surface area contributed by atoms with Gasteiger partial charge in [-0.25, -0.2) is 4.98 Å². The van der Waals surface area contributed by atoms with E-state index in [1.807, 2.05) is 33.8 Å². The third-order valence-corrected chi connectivity index (χ3v) is 4.79. The third-order valence-electron chi connectivity index (χ3n) is 4.01. The first kappa shape index (κ1) is 16.8. The Hall–Kier alpha value is -0.585. The molecule has 0 bridgehead atoms. The fourth-order valence-electron chi connectivity index (χ4n) is 1.96. The van der Waals surface area contributed by atoms with Crippen molar-refractivity contribution in [3.63, 3.8) is 0 Å². The highest BCUT2D eigenvalue weighted by Gasteiger charge is 2.52. The normalized spacial score (nSPS) is 20.9. The molecule has 0 saturated carbocycles. The van der Waals surface area contributed by atoms with Crippen LogP contribution in [0.2, 0.25) is 10.2 Å². The fourth-order valence-corrected chi connectivity index (χ4v) is 2.29. The molecular weight excluding hydrogens is 310 g/mol. The second-order valence-corrected chi connectivity index (χ2v) is 6.75. The summed E-state index contributed by atoms with van der Waals surface area (Å²) in [6.45, 7) is 8.29. The Labute approximate surface area is 135 Å². The summed E-state index contributed by atoms with van der Waals surface area (Å²) < 4.78 is 12.0. The SMILES string of the molecule is CC1(C)OB(C(=Cc2ccnc(Cl)c2Cl)CN)OC1(C)C. The molecule has 0 amide bonds. The summed E-state index contributed by atoms with van der Waals surface area (Å²) >= 11 is 12.1. The molecule has 0 spiro atoms. The van der Waals surface area contributed by atoms with Gasteiger partial charge in [0.2, 0.25) is 0 Å². The summed E-state index contributed by atoms with van der Waals surface area (Å²) in [7, 11) is -0.497. The maximum absolute atomic E-state index is 6.15. The van der Waals surface area contributed by atoms with Gasteiger partial charge in [-0.3, -0.25) is 0 Å². The van der Waals surface area contributed by atoms with Crippen molar-refractivity contribution in [1.82, 2.24) is 4.98 Å². The van der Waals surface area contributed by atoms with Crippen LogP contribution in [0.1, 0.15) is 33.3 Å². The molecule has 1 aliphatic rings. The van der Waals surface area contributed by atoms with Crippen LogP contribution in [0.15, 0.2) is 17.7 Å². The lowest BCUT2D eigenvalue weighted by Crippen LogP contribution is -2.41. The maximum atomic E-state index is 6.15. The van der Waals surface area contributed by atoms with Gasteiger partial charge in [-0.05, 0) is 44.8 Å². The monoisotopic (exact) mass is 328 g/mol. The van der Waals surface area contributed by atoms with E-state index in [9.17, 15) is 0 Å². The molecule has 0 aromatic carbocycles. The molecule has 2 N–H and O–H groups in total. The van der Waals surface area contributed by atoms with Crippen LogP contribution >= 0.6 is 23.2 Å². The largest absolute Gasteiger partial charge is 0.491 e. The van der Waals surface area contributed by atoms with E-state index in [4.69, 9.17) is 38.2 Å². The van der Waals surface area contributed by atoms with Crippen molar-refractivity contribution < 1.29 is 9.31 Å². The Balaban J connectivity index is 2.33. The quantitative estimate of drug-likeness (QED) is 0.682. The summed E-state index contributed by atoms with van der Waals surface area (Å²) in [6.07, 6.45) is 3.44. The minimum Gasteiger partial charge on any atom is -0.400 e. The van der Waals surface area contributed by atoms with Gasteiger partial charge < -0.3 is 15.0 Å². The number of rotatable bonds is 3. The molecule has 1 saturated heterocycles. The molecule has 1 aliphatic heterocycles. The number of aromatic nitrogens is 1. The van der Waals surface area contributed by atoms with Crippen LogP contribution in [-0.4, -0.2) is 29.8 Å². The zero-order valence-corrected chi connectivity index (χ0v) is 14.1. The van der Waals surface area contributed by atoms with E-state index >= 15 is 0 Å². The molecule has 21 heavy (non-hydrogen) atoms. The third kappa shape index (κ3) is 3.27. The van der Waals surface area contributed by atoms with Gasteiger partial charge in [-0.1, -0.05) is 29.3 Å². The van der Waals surface area contributed by atoms with Gasteiger partial charge in [0.1, 0.15) is 5.15 Å².